The molecule has 2 aromatic carbocycles. The Morgan fingerprint density at radius 3 is 2.25 bits per heavy atom. The van der Waals surface area contributed by atoms with Crippen molar-refractivity contribution in [3.63, 3.8) is 0 Å². The molecule has 0 unspecified atom stereocenters. The molecular formula is C29H33FN2O3S. The van der Waals surface area contributed by atoms with Crippen molar-refractivity contribution in [2.24, 2.45) is 0 Å². The Bertz CT molecular complexity index is 1150. The van der Waals surface area contributed by atoms with Crippen molar-refractivity contribution >= 4 is 23.2 Å². The summed E-state index contributed by atoms with van der Waals surface area (Å²) in [4.78, 5) is 33.2. The van der Waals surface area contributed by atoms with E-state index in [9.17, 15) is 14.0 Å². The lowest BCUT2D eigenvalue weighted by Crippen LogP contribution is -2.48. The second kappa shape index (κ2) is 12.2. The standard InChI is InChI=1S/C29H33FN2O3S/c1-21-8-17-27(36-21)19-31(18-22-9-13-24(30)14-10-22)28(33)20-32(25-6-4-3-5-7-25)29(34)23-11-15-26(35-2)16-12-23/h8-17,25H,3-7,18-20H2,1-2H3. The second-order valence-electron chi connectivity index (χ2n) is 9.34. The molecule has 0 saturated heterocycles. The number of halogens is 1. The van der Waals surface area contributed by atoms with E-state index < -0.39 is 0 Å². The molecule has 0 spiro atoms. The fourth-order valence-electron chi connectivity index (χ4n) is 4.71. The summed E-state index contributed by atoms with van der Waals surface area (Å²) in [5.41, 5.74) is 1.40. The normalized spacial score (nSPS) is 13.9. The van der Waals surface area contributed by atoms with Crippen molar-refractivity contribution in [1.82, 2.24) is 9.80 Å². The fraction of sp³-hybridized carbons (Fsp3) is 0.379. The maximum atomic E-state index is 13.8. The summed E-state index contributed by atoms with van der Waals surface area (Å²) >= 11 is 1.65. The van der Waals surface area contributed by atoms with Crippen molar-refractivity contribution in [2.75, 3.05) is 13.7 Å². The number of ether oxygens (including phenoxy) is 1. The number of hydrogen-bond acceptors (Lipinski definition) is 4. The van der Waals surface area contributed by atoms with Crippen LogP contribution in [-0.4, -0.2) is 41.3 Å². The highest BCUT2D eigenvalue weighted by Gasteiger charge is 2.30. The molecule has 4 rings (SSSR count). The third kappa shape index (κ3) is 6.72. The fourth-order valence-corrected chi connectivity index (χ4v) is 5.61. The van der Waals surface area contributed by atoms with Gasteiger partial charge in [0, 0.05) is 27.9 Å². The average molecular weight is 509 g/mol. The molecule has 1 aromatic heterocycles. The van der Waals surface area contributed by atoms with Gasteiger partial charge in [-0.3, -0.25) is 9.59 Å². The molecule has 1 aliphatic carbocycles. The molecule has 3 aromatic rings. The number of hydrogen-bond donors (Lipinski definition) is 0. The topological polar surface area (TPSA) is 49.9 Å². The molecule has 36 heavy (non-hydrogen) atoms. The highest BCUT2D eigenvalue weighted by Crippen LogP contribution is 2.26. The first kappa shape index (κ1) is 25.9. The summed E-state index contributed by atoms with van der Waals surface area (Å²) in [6, 6.07) is 17.4. The Kier molecular flexibility index (Phi) is 8.75. The first-order chi connectivity index (χ1) is 17.4. The Morgan fingerprint density at radius 1 is 0.944 bits per heavy atom. The van der Waals surface area contributed by atoms with E-state index in [1.165, 1.54) is 17.0 Å². The molecule has 0 radical (unpaired) electrons. The van der Waals surface area contributed by atoms with E-state index in [4.69, 9.17) is 4.74 Å². The smallest absolute Gasteiger partial charge is 0.254 e. The van der Waals surface area contributed by atoms with Crippen LogP contribution in [-0.2, 0) is 17.9 Å². The molecule has 1 fully saturated rings. The van der Waals surface area contributed by atoms with Crippen LogP contribution in [0.25, 0.3) is 0 Å². The minimum atomic E-state index is -0.306. The monoisotopic (exact) mass is 508 g/mol. The number of aryl methyl sites for hydroxylation is 1. The van der Waals surface area contributed by atoms with E-state index >= 15 is 0 Å². The van der Waals surface area contributed by atoms with Crippen LogP contribution >= 0.6 is 11.3 Å². The quantitative estimate of drug-likeness (QED) is 0.345. The molecule has 2 amide bonds. The predicted molar refractivity (Wildman–Crippen MR) is 141 cm³/mol. The maximum absolute atomic E-state index is 13.8. The molecule has 5 nitrogen and oxygen atoms in total. The summed E-state index contributed by atoms with van der Waals surface area (Å²) in [6.07, 6.45) is 5.07. The maximum Gasteiger partial charge on any atom is 0.254 e. The number of thiophene rings is 1. The van der Waals surface area contributed by atoms with Gasteiger partial charge in [0.2, 0.25) is 5.91 Å². The molecule has 7 heteroatoms. The van der Waals surface area contributed by atoms with E-state index in [0.29, 0.717) is 24.4 Å². The van der Waals surface area contributed by atoms with Crippen LogP contribution in [0, 0.1) is 12.7 Å². The summed E-state index contributed by atoms with van der Waals surface area (Å²) in [6.45, 7) is 2.86. The molecular weight excluding hydrogens is 475 g/mol. The lowest BCUT2D eigenvalue weighted by molar-refractivity contribution is -0.133. The van der Waals surface area contributed by atoms with Crippen molar-refractivity contribution in [2.45, 2.75) is 58.2 Å². The average Bonchev–Trinajstić information content (AvgIpc) is 3.32. The first-order valence-electron chi connectivity index (χ1n) is 12.5. The van der Waals surface area contributed by atoms with E-state index in [0.717, 1.165) is 42.5 Å². The molecule has 0 atom stereocenters. The summed E-state index contributed by atoms with van der Waals surface area (Å²) < 4.78 is 18.7. The molecule has 1 heterocycles. The van der Waals surface area contributed by atoms with Gasteiger partial charge in [-0.05, 0) is 73.9 Å². The zero-order valence-electron chi connectivity index (χ0n) is 20.9. The summed E-state index contributed by atoms with van der Waals surface area (Å²) in [7, 11) is 1.59. The van der Waals surface area contributed by atoms with Gasteiger partial charge in [-0.1, -0.05) is 31.4 Å². The molecule has 0 N–H and O–H groups in total. The van der Waals surface area contributed by atoms with Gasteiger partial charge in [0.25, 0.3) is 5.91 Å². The van der Waals surface area contributed by atoms with Crippen LogP contribution in [0.15, 0.2) is 60.7 Å². The molecule has 0 bridgehead atoms. The van der Waals surface area contributed by atoms with Crippen LogP contribution in [0.4, 0.5) is 4.39 Å². The molecule has 0 aliphatic heterocycles. The van der Waals surface area contributed by atoms with Crippen LogP contribution in [0.3, 0.4) is 0 Å². The van der Waals surface area contributed by atoms with Crippen LogP contribution < -0.4 is 4.74 Å². The Balaban J connectivity index is 1.57. The van der Waals surface area contributed by atoms with Gasteiger partial charge in [0.1, 0.15) is 18.1 Å². The number of carbonyl (C=O) groups is 2. The van der Waals surface area contributed by atoms with Gasteiger partial charge >= 0.3 is 0 Å². The zero-order chi connectivity index (χ0) is 25.5. The highest BCUT2D eigenvalue weighted by atomic mass is 32.1. The van der Waals surface area contributed by atoms with Gasteiger partial charge in [0.05, 0.1) is 13.7 Å². The number of methoxy groups -OCH3 is 1. The molecule has 1 saturated carbocycles. The van der Waals surface area contributed by atoms with Crippen molar-refractivity contribution in [3.05, 3.63) is 87.4 Å². The Labute approximate surface area is 216 Å². The Hall–Kier alpha value is -3.19. The van der Waals surface area contributed by atoms with Crippen LogP contribution in [0.2, 0.25) is 0 Å². The van der Waals surface area contributed by atoms with E-state index in [1.54, 1.807) is 64.6 Å². The lowest BCUT2D eigenvalue weighted by atomic mass is 9.93. The van der Waals surface area contributed by atoms with Crippen LogP contribution in [0.1, 0.15) is 57.8 Å². The number of benzene rings is 2. The van der Waals surface area contributed by atoms with Crippen molar-refractivity contribution < 1.29 is 18.7 Å². The second-order valence-corrected chi connectivity index (χ2v) is 10.7. The van der Waals surface area contributed by atoms with Gasteiger partial charge < -0.3 is 14.5 Å². The van der Waals surface area contributed by atoms with Crippen molar-refractivity contribution in [3.8, 4) is 5.75 Å². The predicted octanol–water partition coefficient (Wildman–Crippen LogP) is 6.21. The van der Waals surface area contributed by atoms with E-state index in [-0.39, 0.29) is 30.2 Å². The van der Waals surface area contributed by atoms with Gasteiger partial charge in [-0.25, -0.2) is 4.39 Å². The van der Waals surface area contributed by atoms with Gasteiger partial charge in [0.15, 0.2) is 0 Å². The number of nitrogens with zero attached hydrogens (tertiary/aromatic N) is 2. The van der Waals surface area contributed by atoms with E-state index in [2.05, 4.69) is 0 Å². The highest BCUT2D eigenvalue weighted by molar-refractivity contribution is 7.11. The zero-order valence-corrected chi connectivity index (χ0v) is 21.7. The summed E-state index contributed by atoms with van der Waals surface area (Å²) in [5.74, 6) is 0.132. The van der Waals surface area contributed by atoms with Crippen LogP contribution in [0.5, 0.6) is 5.75 Å². The molecule has 1 aliphatic rings. The number of carbonyl (C=O) groups excluding carboxylic acids is 2. The van der Waals surface area contributed by atoms with Gasteiger partial charge in [-0.2, -0.15) is 0 Å². The summed E-state index contributed by atoms with van der Waals surface area (Å²) in [5, 5.41) is 0. The van der Waals surface area contributed by atoms with Crippen molar-refractivity contribution in [1.29, 1.82) is 0 Å². The lowest BCUT2D eigenvalue weighted by Gasteiger charge is -2.35. The first-order valence-corrected chi connectivity index (χ1v) is 13.3. The largest absolute Gasteiger partial charge is 0.497 e. The minimum Gasteiger partial charge on any atom is -0.497 e. The molecule has 190 valence electrons. The Morgan fingerprint density at radius 2 is 1.64 bits per heavy atom. The minimum absolute atomic E-state index is 0.0150. The third-order valence-corrected chi connectivity index (χ3v) is 7.69. The van der Waals surface area contributed by atoms with E-state index in [1.807, 2.05) is 19.1 Å². The number of amides is 2. The SMILES string of the molecule is COc1ccc(C(=O)N(CC(=O)N(Cc2ccc(F)cc2)Cc2ccc(C)s2)C2CCCCC2)cc1. The third-order valence-electron chi connectivity index (χ3n) is 6.70. The van der Waals surface area contributed by atoms with Gasteiger partial charge in [-0.15, -0.1) is 11.3 Å². The number of rotatable bonds is 9.